The highest BCUT2D eigenvalue weighted by Gasteiger charge is 2.11. The van der Waals surface area contributed by atoms with Crippen LogP contribution in [-0.4, -0.2) is 16.2 Å². The number of nitrogens with one attached hydrogen (secondary N) is 1. The summed E-state index contributed by atoms with van der Waals surface area (Å²) >= 11 is 3.44. The first-order valence-electron chi connectivity index (χ1n) is 5.89. The summed E-state index contributed by atoms with van der Waals surface area (Å²) < 4.78 is 6.33. The van der Waals surface area contributed by atoms with Crippen LogP contribution in [0.1, 0.15) is 25.2 Å². The minimum absolute atomic E-state index is 0.404. The molecule has 0 aliphatic carbocycles. The summed E-state index contributed by atoms with van der Waals surface area (Å²) in [5.41, 5.74) is 2.08. The van der Waals surface area contributed by atoms with Gasteiger partial charge in [0.1, 0.15) is 0 Å². The lowest BCUT2D eigenvalue weighted by Gasteiger charge is -2.03. The van der Waals surface area contributed by atoms with Crippen molar-refractivity contribution in [2.45, 2.75) is 33.4 Å². The van der Waals surface area contributed by atoms with Gasteiger partial charge in [-0.15, -0.1) is 0 Å². The van der Waals surface area contributed by atoms with Crippen LogP contribution in [-0.2, 0) is 6.54 Å². The highest BCUT2D eigenvalue weighted by atomic mass is 79.9. The van der Waals surface area contributed by atoms with Crippen LogP contribution in [0.3, 0.4) is 0 Å². The van der Waals surface area contributed by atoms with Crippen LogP contribution in [0.2, 0.25) is 0 Å². The number of benzene rings is 1. The molecule has 2 aromatic rings. The van der Waals surface area contributed by atoms with E-state index < -0.39 is 0 Å². The molecule has 1 aromatic heterocycles. The van der Waals surface area contributed by atoms with Gasteiger partial charge in [-0.1, -0.05) is 34.9 Å². The summed E-state index contributed by atoms with van der Waals surface area (Å²) in [5.74, 6) is 1.25. The van der Waals surface area contributed by atoms with Gasteiger partial charge in [-0.3, -0.25) is 0 Å². The molecule has 0 spiro atoms. The van der Waals surface area contributed by atoms with Crippen molar-refractivity contribution in [3.05, 3.63) is 34.1 Å². The molecule has 0 radical (unpaired) electrons. The minimum atomic E-state index is 0.404. The predicted octanol–water partition coefficient (Wildman–Crippen LogP) is 3.31. The zero-order chi connectivity index (χ0) is 13.1. The number of rotatable bonds is 4. The van der Waals surface area contributed by atoms with Crippen molar-refractivity contribution in [2.75, 3.05) is 0 Å². The molecule has 0 atom stereocenters. The zero-order valence-corrected chi connectivity index (χ0v) is 12.3. The summed E-state index contributed by atoms with van der Waals surface area (Å²) in [7, 11) is 0. The Bertz CT molecular complexity index is 537. The maximum Gasteiger partial charge on any atom is 0.258 e. The van der Waals surface area contributed by atoms with E-state index in [1.165, 1.54) is 0 Å². The Hall–Kier alpha value is -1.20. The van der Waals surface area contributed by atoms with Crippen LogP contribution in [0.15, 0.2) is 27.2 Å². The van der Waals surface area contributed by atoms with Gasteiger partial charge >= 0.3 is 0 Å². The Kier molecular flexibility index (Phi) is 4.14. The molecule has 4 nitrogen and oxygen atoms in total. The quantitative estimate of drug-likeness (QED) is 0.941. The van der Waals surface area contributed by atoms with E-state index in [1.807, 2.05) is 25.1 Å². The predicted molar refractivity (Wildman–Crippen MR) is 74.1 cm³/mol. The third-order valence-corrected chi connectivity index (χ3v) is 3.05. The summed E-state index contributed by atoms with van der Waals surface area (Å²) in [5, 5.41) is 7.23. The first-order chi connectivity index (χ1) is 8.56. The van der Waals surface area contributed by atoms with E-state index in [2.05, 4.69) is 45.2 Å². The molecule has 0 amide bonds. The highest BCUT2D eigenvalue weighted by Crippen LogP contribution is 2.24. The summed E-state index contributed by atoms with van der Waals surface area (Å²) in [4.78, 5) is 4.39. The third-order valence-electron chi connectivity index (χ3n) is 2.56. The molecule has 1 heterocycles. The third kappa shape index (κ3) is 3.17. The van der Waals surface area contributed by atoms with Crippen molar-refractivity contribution in [3.63, 3.8) is 0 Å². The van der Waals surface area contributed by atoms with Crippen LogP contribution < -0.4 is 5.32 Å². The maximum absolute atomic E-state index is 5.29. The van der Waals surface area contributed by atoms with Crippen molar-refractivity contribution in [1.82, 2.24) is 15.5 Å². The lowest BCUT2D eigenvalue weighted by molar-refractivity contribution is 0.417. The number of aryl methyl sites for hydroxylation is 1. The van der Waals surface area contributed by atoms with E-state index in [9.17, 15) is 0 Å². The summed E-state index contributed by atoms with van der Waals surface area (Å²) in [6.45, 7) is 6.81. The molecule has 18 heavy (non-hydrogen) atoms. The molecule has 2 rings (SSSR count). The van der Waals surface area contributed by atoms with Gasteiger partial charge in [0.2, 0.25) is 0 Å². The molecule has 0 bridgehead atoms. The molecule has 0 fully saturated rings. The first kappa shape index (κ1) is 13.2. The van der Waals surface area contributed by atoms with Gasteiger partial charge in [0, 0.05) is 16.1 Å². The molecule has 0 saturated carbocycles. The Morgan fingerprint density at radius 3 is 2.83 bits per heavy atom. The Labute approximate surface area is 115 Å². The molecular formula is C13H16BrN3O. The van der Waals surface area contributed by atoms with Crippen LogP contribution in [0.25, 0.3) is 11.5 Å². The van der Waals surface area contributed by atoms with Gasteiger partial charge in [0.15, 0.2) is 5.82 Å². The molecule has 0 aliphatic heterocycles. The van der Waals surface area contributed by atoms with E-state index in [-0.39, 0.29) is 0 Å². The van der Waals surface area contributed by atoms with Crippen LogP contribution in [0, 0.1) is 6.92 Å². The number of hydrogen-bond donors (Lipinski definition) is 1. The van der Waals surface area contributed by atoms with Crippen molar-refractivity contribution < 1.29 is 4.52 Å². The van der Waals surface area contributed by atoms with Gasteiger partial charge in [-0.05, 0) is 30.7 Å². The van der Waals surface area contributed by atoms with E-state index in [0.717, 1.165) is 15.6 Å². The topological polar surface area (TPSA) is 51.0 Å². The monoisotopic (exact) mass is 309 g/mol. The molecule has 0 unspecified atom stereocenters. The van der Waals surface area contributed by atoms with Gasteiger partial charge in [0.05, 0.1) is 6.54 Å². The molecular weight excluding hydrogens is 294 g/mol. The molecule has 0 saturated heterocycles. The molecule has 96 valence electrons. The van der Waals surface area contributed by atoms with Gasteiger partial charge in [-0.2, -0.15) is 4.98 Å². The largest absolute Gasteiger partial charge is 0.334 e. The molecule has 0 aliphatic rings. The first-order valence-corrected chi connectivity index (χ1v) is 6.68. The second-order valence-electron chi connectivity index (χ2n) is 4.51. The Morgan fingerprint density at radius 2 is 2.17 bits per heavy atom. The Balaban J connectivity index is 2.18. The number of halogens is 1. The van der Waals surface area contributed by atoms with Crippen LogP contribution in [0.4, 0.5) is 0 Å². The zero-order valence-electron chi connectivity index (χ0n) is 10.7. The van der Waals surface area contributed by atoms with Gasteiger partial charge in [0.25, 0.3) is 5.89 Å². The average Bonchev–Trinajstić information content (AvgIpc) is 2.75. The lowest BCUT2D eigenvalue weighted by Crippen LogP contribution is -2.22. The molecule has 5 heteroatoms. The average molecular weight is 310 g/mol. The second kappa shape index (κ2) is 5.63. The van der Waals surface area contributed by atoms with Crippen molar-refractivity contribution in [1.29, 1.82) is 0 Å². The second-order valence-corrected chi connectivity index (χ2v) is 5.43. The number of hydrogen-bond acceptors (Lipinski definition) is 4. The van der Waals surface area contributed by atoms with E-state index in [0.29, 0.717) is 24.3 Å². The summed E-state index contributed by atoms with van der Waals surface area (Å²) in [6, 6.07) is 6.39. The maximum atomic E-state index is 5.29. The minimum Gasteiger partial charge on any atom is -0.334 e. The van der Waals surface area contributed by atoms with Crippen molar-refractivity contribution in [3.8, 4) is 11.5 Å². The van der Waals surface area contributed by atoms with Crippen LogP contribution >= 0.6 is 15.9 Å². The van der Waals surface area contributed by atoms with E-state index >= 15 is 0 Å². The van der Waals surface area contributed by atoms with Gasteiger partial charge in [-0.25, -0.2) is 0 Å². The highest BCUT2D eigenvalue weighted by molar-refractivity contribution is 9.10. The fraction of sp³-hybridized carbons (Fsp3) is 0.385. The van der Waals surface area contributed by atoms with Crippen molar-refractivity contribution >= 4 is 15.9 Å². The standard InChI is InChI=1S/C13H16BrN3O/c1-8(2)15-7-12-16-13(18-17-12)11-5-4-10(14)6-9(11)3/h4-6,8,15H,7H2,1-3H3. The summed E-state index contributed by atoms with van der Waals surface area (Å²) in [6.07, 6.45) is 0. The number of nitrogens with zero attached hydrogens (tertiary/aromatic N) is 2. The van der Waals surface area contributed by atoms with Crippen molar-refractivity contribution in [2.24, 2.45) is 0 Å². The fourth-order valence-corrected chi connectivity index (χ4v) is 2.07. The lowest BCUT2D eigenvalue weighted by atomic mass is 10.1. The van der Waals surface area contributed by atoms with E-state index in [1.54, 1.807) is 0 Å². The fourth-order valence-electron chi connectivity index (χ4n) is 1.60. The van der Waals surface area contributed by atoms with Gasteiger partial charge < -0.3 is 9.84 Å². The Morgan fingerprint density at radius 1 is 1.39 bits per heavy atom. The smallest absolute Gasteiger partial charge is 0.258 e. The van der Waals surface area contributed by atoms with E-state index in [4.69, 9.17) is 4.52 Å². The number of aromatic nitrogens is 2. The van der Waals surface area contributed by atoms with Crippen LogP contribution in [0.5, 0.6) is 0 Å². The molecule has 1 aromatic carbocycles. The molecule has 1 N–H and O–H groups in total. The normalized spacial score (nSPS) is 11.2. The SMILES string of the molecule is Cc1cc(Br)ccc1-c1nc(CNC(C)C)no1.